The molecule has 0 saturated carbocycles. The molecular formula is C42H69NO6SSi. The number of nitrogens with zero attached hydrogens (tertiary/aromatic N) is 1. The zero-order valence-electron chi connectivity index (χ0n) is 33.6. The van der Waals surface area contributed by atoms with Crippen LogP contribution in [0.15, 0.2) is 59.5 Å². The Morgan fingerprint density at radius 1 is 0.882 bits per heavy atom. The molecule has 2 aromatic carbocycles. The van der Waals surface area contributed by atoms with E-state index in [-0.39, 0.29) is 53.4 Å². The molecule has 0 aromatic heterocycles. The quantitative estimate of drug-likeness (QED) is 0.142. The van der Waals surface area contributed by atoms with Gasteiger partial charge in [0, 0.05) is 30.8 Å². The van der Waals surface area contributed by atoms with Crippen LogP contribution < -0.4 is 0 Å². The van der Waals surface area contributed by atoms with Crippen molar-refractivity contribution in [3.63, 3.8) is 0 Å². The lowest BCUT2D eigenvalue weighted by Gasteiger charge is -2.45. The Kier molecular flexibility index (Phi) is 15.0. The highest BCUT2D eigenvalue weighted by Gasteiger charge is 2.47. The number of rotatable bonds is 18. The van der Waals surface area contributed by atoms with Gasteiger partial charge in [0.25, 0.3) is 0 Å². The standard InChI is InChI=1S/C42H69NO6SSi/c1-12-16-35(43(9)50(44,45)37-22-19-30(2)20-23-37)27-36-21-24-39(47-36)32(4)41(49-51(10,11)42(6,7)8)33(5)40-26-25-38(48-40)31(3)28-46-29-34-17-14-13-15-18-34/h13-15,17-20,22-23,31-33,35-36,38-41H,12,16,21,24-29H2,1-11H3/t31-,32+,33+,35+,36-,38+,39+,40-,41-/m0/s1. The van der Waals surface area contributed by atoms with Crippen molar-refractivity contribution < 1.29 is 27.1 Å². The predicted octanol–water partition coefficient (Wildman–Crippen LogP) is 9.79. The number of aryl methyl sites for hydroxylation is 1. The molecule has 0 bridgehead atoms. The van der Waals surface area contributed by atoms with Gasteiger partial charge in [0.2, 0.25) is 10.0 Å². The first kappa shape index (κ1) is 42.2. The summed E-state index contributed by atoms with van der Waals surface area (Å²) < 4.78 is 56.0. The molecule has 0 aliphatic carbocycles. The third kappa shape index (κ3) is 11.0. The lowest BCUT2D eigenvalue weighted by Crippen LogP contribution is -2.51. The summed E-state index contributed by atoms with van der Waals surface area (Å²) in [7, 11) is -3.98. The van der Waals surface area contributed by atoms with Crippen molar-refractivity contribution >= 4 is 18.3 Å². The normalized spacial score (nSPS) is 24.8. The monoisotopic (exact) mass is 743 g/mol. The maximum absolute atomic E-state index is 13.6. The van der Waals surface area contributed by atoms with Crippen LogP contribution in [-0.4, -0.2) is 71.3 Å². The summed E-state index contributed by atoms with van der Waals surface area (Å²) in [6.07, 6.45) is 6.69. The average molecular weight is 744 g/mol. The molecule has 0 spiro atoms. The van der Waals surface area contributed by atoms with Gasteiger partial charge < -0.3 is 18.6 Å². The van der Waals surface area contributed by atoms with Crippen LogP contribution in [-0.2, 0) is 35.3 Å². The molecule has 4 rings (SSSR count). The lowest BCUT2D eigenvalue weighted by molar-refractivity contribution is -0.0857. The summed E-state index contributed by atoms with van der Waals surface area (Å²) in [4.78, 5) is 0.348. The molecule has 288 valence electrons. The zero-order valence-corrected chi connectivity index (χ0v) is 35.4. The number of benzene rings is 2. The fraction of sp³-hybridized carbons (Fsp3) is 0.714. The first-order valence-corrected chi connectivity index (χ1v) is 23.9. The molecule has 0 amide bonds. The van der Waals surface area contributed by atoms with Crippen molar-refractivity contribution in [3.05, 3.63) is 65.7 Å². The summed E-state index contributed by atoms with van der Waals surface area (Å²) >= 11 is 0. The topological polar surface area (TPSA) is 74.3 Å². The second kappa shape index (κ2) is 18.2. The molecule has 2 saturated heterocycles. The summed E-state index contributed by atoms with van der Waals surface area (Å²) in [5.41, 5.74) is 2.24. The third-order valence-electron chi connectivity index (χ3n) is 12.2. The van der Waals surface area contributed by atoms with Crippen molar-refractivity contribution in [2.75, 3.05) is 13.7 Å². The summed E-state index contributed by atoms with van der Waals surface area (Å²) in [6, 6.07) is 17.4. The van der Waals surface area contributed by atoms with Gasteiger partial charge in [0.15, 0.2) is 8.32 Å². The molecule has 2 heterocycles. The fourth-order valence-electron chi connectivity index (χ4n) is 7.62. The molecule has 2 fully saturated rings. The predicted molar refractivity (Wildman–Crippen MR) is 211 cm³/mol. The van der Waals surface area contributed by atoms with E-state index >= 15 is 0 Å². The van der Waals surface area contributed by atoms with Crippen LogP contribution in [0.25, 0.3) is 0 Å². The minimum Gasteiger partial charge on any atom is -0.413 e. The second-order valence-electron chi connectivity index (χ2n) is 17.2. The molecule has 2 aromatic rings. The molecule has 51 heavy (non-hydrogen) atoms. The van der Waals surface area contributed by atoms with E-state index in [1.807, 2.05) is 25.1 Å². The van der Waals surface area contributed by atoms with E-state index in [0.717, 1.165) is 44.1 Å². The van der Waals surface area contributed by atoms with E-state index in [2.05, 4.69) is 85.8 Å². The fourth-order valence-corrected chi connectivity index (χ4v) is 10.5. The molecule has 9 atom stereocenters. The zero-order chi connectivity index (χ0) is 37.6. The molecule has 0 N–H and O–H groups in total. The average Bonchev–Trinajstić information content (AvgIpc) is 3.77. The summed E-state index contributed by atoms with van der Waals surface area (Å²) in [6.45, 7) is 23.9. The first-order chi connectivity index (χ1) is 23.9. The van der Waals surface area contributed by atoms with E-state index < -0.39 is 18.3 Å². The summed E-state index contributed by atoms with van der Waals surface area (Å²) in [5.74, 6) is 0.691. The maximum Gasteiger partial charge on any atom is 0.243 e. The van der Waals surface area contributed by atoms with Crippen molar-refractivity contribution in [1.82, 2.24) is 4.31 Å². The molecule has 2 aliphatic heterocycles. The smallest absolute Gasteiger partial charge is 0.243 e. The Labute approximate surface area is 312 Å². The minimum absolute atomic E-state index is 0.000874. The van der Waals surface area contributed by atoms with Crippen LogP contribution in [0.5, 0.6) is 0 Å². The van der Waals surface area contributed by atoms with E-state index in [1.54, 1.807) is 23.5 Å². The first-order valence-electron chi connectivity index (χ1n) is 19.6. The Balaban J connectivity index is 1.42. The van der Waals surface area contributed by atoms with Crippen molar-refractivity contribution in [2.45, 2.75) is 167 Å². The summed E-state index contributed by atoms with van der Waals surface area (Å²) in [5, 5.41) is 0.0777. The highest BCUT2D eigenvalue weighted by atomic mass is 32.2. The van der Waals surface area contributed by atoms with E-state index in [4.69, 9.17) is 18.6 Å². The number of hydrogen-bond donors (Lipinski definition) is 0. The van der Waals surface area contributed by atoms with E-state index in [1.165, 1.54) is 5.56 Å². The Bertz CT molecular complexity index is 1450. The lowest BCUT2D eigenvalue weighted by atomic mass is 9.84. The highest BCUT2D eigenvalue weighted by molar-refractivity contribution is 7.89. The maximum atomic E-state index is 13.6. The third-order valence-corrected chi connectivity index (χ3v) is 18.6. The van der Waals surface area contributed by atoms with Crippen molar-refractivity contribution in [1.29, 1.82) is 0 Å². The van der Waals surface area contributed by atoms with Gasteiger partial charge in [-0.15, -0.1) is 0 Å². The van der Waals surface area contributed by atoms with Crippen LogP contribution in [0, 0.1) is 24.7 Å². The molecule has 7 nitrogen and oxygen atoms in total. The SMILES string of the molecule is CCC[C@H](C[C@@H]1CC[C@H]([C@@H](C)[C@H](O[Si](C)(C)C(C)(C)C)[C@H](C)[C@@H]2CC[C@H]([C@@H](C)COCc3ccccc3)O2)O1)N(C)S(=O)(=O)c1ccc(C)cc1. The number of ether oxygens (including phenoxy) is 3. The van der Waals surface area contributed by atoms with Gasteiger partial charge in [-0.05, 0) is 81.3 Å². The van der Waals surface area contributed by atoms with E-state index in [0.29, 0.717) is 30.4 Å². The van der Waals surface area contributed by atoms with Crippen LogP contribution in [0.1, 0.15) is 105 Å². The van der Waals surface area contributed by atoms with Crippen LogP contribution >= 0.6 is 0 Å². The van der Waals surface area contributed by atoms with Gasteiger partial charge in [0.1, 0.15) is 0 Å². The second-order valence-corrected chi connectivity index (χ2v) is 24.0. The van der Waals surface area contributed by atoms with Crippen LogP contribution in [0.4, 0.5) is 0 Å². The Hall–Kier alpha value is -1.59. The van der Waals surface area contributed by atoms with Crippen molar-refractivity contribution in [3.8, 4) is 0 Å². The molecule has 0 unspecified atom stereocenters. The van der Waals surface area contributed by atoms with Crippen LogP contribution in [0.2, 0.25) is 18.1 Å². The molecule has 2 aliphatic rings. The van der Waals surface area contributed by atoms with Crippen LogP contribution in [0.3, 0.4) is 0 Å². The highest BCUT2D eigenvalue weighted by Crippen LogP contribution is 2.43. The minimum atomic E-state index is -3.61. The number of sulfonamides is 1. The molecule has 0 radical (unpaired) electrons. The van der Waals surface area contributed by atoms with Gasteiger partial charge >= 0.3 is 0 Å². The van der Waals surface area contributed by atoms with Gasteiger partial charge in [-0.25, -0.2) is 8.42 Å². The van der Waals surface area contributed by atoms with Gasteiger partial charge in [0.05, 0.1) is 48.6 Å². The van der Waals surface area contributed by atoms with Gasteiger partial charge in [-0.3, -0.25) is 0 Å². The van der Waals surface area contributed by atoms with Gasteiger partial charge in [-0.2, -0.15) is 4.31 Å². The largest absolute Gasteiger partial charge is 0.413 e. The number of hydrogen-bond acceptors (Lipinski definition) is 6. The molecular weight excluding hydrogens is 675 g/mol. The Morgan fingerprint density at radius 2 is 1.47 bits per heavy atom. The Morgan fingerprint density at radius 3 is 2.08 bits per heavy atom. The molecule has 9 heteroatoms. The van der Waals surface area contributed by atoms with Gasteiger partial charge in [-0.1, -0.05) is 103 Å². The van der Waals surface area contributed by atoms with Crippen molar-refractivity contribution in [2.24, 2.45) is 17.8 Å². The van der Waals surface area contributed by atoms with E-state index in [9.17, 15) is 8.42 Å².